The molecular weight excluding hydrogens is 216 g/mol. The quantitative estimate of drug-likeness (QED) is 0.814. The van der Waals surface area contributed by atoms with Gasteiger partial charge in [0.15, 0.2) is 0 Å². The first-order valence-electron chi connectivity index (χ1n) is 6.33. The molecule has 1 heterocycles. The summed E-state index contributed by atoms with van der Waals surface area (Å²) in [6, 6.07) is 2.17. The smallest absolute Gasteiger partial charge is 0.240 e. The van der Waals surface area contributed by atoms with Crippen LogP contribution in [-0.4, -0.2) is 24.7 Å². The molecule has 1 saturated heterocycles. The van der Waals surface area contributed by atoms with Crippen LogP contribution >= 0.6 is 0 Å². The largest absolute Gasteiger partial charge is 0.379 e. The van der Waals surface area contributed by atoms with E-state index in [1.807, 2.05) is 20.8 Å². The van der Waals surface area contributed by atoms with Crippen LogP contribution in [0.25, 0.3) is 0 Å². The molecule has 4 heteroatoms. The van der Waals surface area contributed by atoms with Gasteiger partial charge < -0.3 is 10.1 Å². The maximum absolute atomic E-state index is 12.2. The molecule has 0 spiro atoms. The van der Waals surface area contributed by atoms with Crippen molar-refractivity contribution in [1.29, 1.82) is 5.26 Å². The number of nitriles is 1. The zero-order valence-electron chi connectivity index (χ0n) is 11.0. The summed E-state index contributed by atoms with van der Waals surface area (Å²) in [6.07, 6.45) is 2.95. The Kier molecular flexibility index (Phi) is 4.53. The van der Waals surface area contributed by atoms with E-state index in [1.165, 1.54) is 0 Å². The van der Waals surface area contributed by atoms with Gasteiger partial charge in [0.05, 0.1) is 18.2 Å². The van der Waals surface area contributed by atoms with E-state index in [0.29, 0.717) is 19.4 Å². The highest BCUT2D eigenvalue weighted by atomic mass is 16.5. The van der Waals surface area contributed by atoms with Crippen molar-refractivity contribution in [3.8, 4) is 6.07 Å². The Morgan fingerprint density at radius 2 is 2.18 bits per heavy atom. The summed E-state index contributed by atoms with van der Waals surface area (Å²) in [4.78, 5) is 12.2. The highest BCUT2D eigenvalue weighted by molar-refractivity contribution is 5.85. The molecule has 0 aromatic rings. The molecule has 1 atom stereocenters. The van der Waals surface area contributed by atoms with E-state index in [0.717, 1.165) is 19.4 Å². The summed E-state index contributed by atoms with van der Waals surface area (Å²) < 4.78 is 5.40. The molecule has 0 aliphatic carbocycles. The van der Waals surface area contributed by atoms with Crippen LogP contribution in [0.2, 0.25) is 0 Å². The first kappa shape index (κ1) is 14.0. The molecule has 0 bridgehead atoms. The van der Waals surface area contributed by atoms with Crippen LogP contribution in [0, 0.1) is 16.7 Å². The Bertz CT molecular complexity index is 310. The highest BCUT2D eigenvalue weighted by Crippen LogP contribution is 2.28. The molecule has 0 saturated carbocycles. The number of hydrogen-bond acceptors (Lipinski definition) is 3. The normalized spacial score (nSPS) is 25.1. The zero-order chi connectivity index (χ0) is 12.9. The highest BCUT2D eigenvalue weighted by Gasteiger charge is 2.39. The summed E-state index contributed by atoms with van der Waals surface area (Å²) in [5.74, 6) is -0.155. The molecule has 1 amide bonds. The molecule has 1 rings (SSSR count). The van der Waals surface area contributed by atoms with E-state index in [2.05, 4.69) is 11.4 Å². The molecule has 0 aromatic carbocycles. The number of carbonyl (C=O) groups excluding carboxylic acids is 1. The van der Waals surface area contributed by atoms with E-state index >= 15 is 0 Å². The van der Waals surface area contributed by atoms with Gasteiger partial charge in [-0.1, -0.05) is 13.8 Å². The Morgan fingerprint density at radius 1 is 1.53 bits per heavy atom. The SMILES string of the molecule is CCC(C#N)(CC)C(=O)NC1(C)CCCOC1. The van der Waals surface area contributed by atoms with Crippen molar-refractivity contribution in [3.05, 3.63) is 0 Å². The third-order valence-electron chi connectivity index (χ3n) is 3.71. The molecule has 1 N–H and O–H groups in total. The molecular formula is C13H22N2O2. The van der Waals surface area contributed by atoms with Crippen molar-refractivity contribution in [1.82, 2.24) is 5.32 Å². The molecule has 17 heavy (non-hydrogen) atoms. The number of amides is 1. The third kappa shape index (κ3) is 2.98. The Balaban J connectivity index is 2.73. The topological polar surface area (TPSA) is 62.1 Å². The third-order valence-corrected chi connectivity index (χ3v) is 3.71. The average molecular weight is 238 g/mol. The fourth-order valence-electron chi connectivity index (χ4n) is 2.21. The van der Waals surface area contributed by atoms with E-state index in [4.69, 9.17) is 4.74 Å². The minimum atomic E-state index is -0.888. The number of rotatable bonds is 4. The fraction of sp³-hybridized carbons (Fsp3) is 0.846. The van der Waals surface area contributed by atoms with Crippen molar-refractivity contribution in [3.63, 3.8) is 0 Å². The Hall–Kier alpha value is -1.08. The molecule has 96 valence electrons. The van der Waals surface area contributed by atoms with Crippen LogP contribution in [0.15, 0.2) is 0 Å². The van der Waals surface area contributed by atoms with Gasteiger partial charge in [-0.25, -0.2) is 0 Å². The second-order valence-corrected chi connectivity index (χ2v) is 5.07. The zero-order valence-corrected chi connectivity index (χ0v) is 11.0. The first-order valence-corrected chi connectivity index (χ1v) is 6.33. The monoisotopic (exact) mass is 238 g/mol. The molecule has 4 nitrogen and oxygen atoms in total. The maximum Gasteiger partial charge on any atom is 0.240 e. The van der Waals surface area contributed by atoms with Crippen molar-refractivity contribution in [2.75, 3.05) is 13.2 Å². The van der Waals surface area contributed by atoms with Gasteiger partial charge in [0.1, 0.15) is 5.41 Å². The van der Waals surface area contributed by atoms with Crippen LogP contribution < -0.4 is 5.32 Å². The molecule has 0 aromatic heterocycles. The minimum Gasteiger partial charge on any atom is -0.379 e. The van der Waals surface area contributed by atoms with Crippen molar-refractivity contribution < 1.29 is 9.53 Å². The number of nitrogens with zero attached hydrogens (tertiary/aromatic N) is 1. The average Bonchev–Trinajstić information content (AvgIpc) is 2.32. The minimum absolute atomic E-state index is 0.155. The van der Waals surface area contributed by atoms with E-state index in [9.17, 15) is 10.1 Å². The molecule has 1 aliphatic heterocycles. The number of ether oxygens (including phenoxy) is 1. The molecule has 1 unspecified atom stereocenters. The van der Waals surface area contributed by atoms with Gasteiger partial charge in [-0.05, 0) is 32.6 Å². The second-order valence-electron chi connectivity index (χ2n) is 5.07. The van der Waals surface area contributed by atoms with Gasteiger partial charge in [-0.15, -0.1) is 0 Å². The Morgan fingerprint density at radius 3 is 2.59 bits per heavy atom. The van der Waals surface area contributed by atoms with Crippen LogP contribution in [-0.2, 0) is 9.53 Å². The molecule has 1 fully saturated rings. The predicted molar refractivity (Wildman–Crippen MR) is 65.2 cm³/mol. The predicted octanol–water partition coefficient (Wildman–Crippen LogP) is 2.00. The van der Waals surface area contributed by atoms with E-state index in [-0.39, 0.29) is 11.4 Å². The number of hydrogen-bond donors (Lipinski definition) is 1. The lowest BCUT2D eigenvalue weighted by molar-refractivity contribution is -0.132. The summed E-state index contributed by atoms with van der Waals surface area (Å²) in [7, 11) is 0. The standard InChI is InChI=1S/C13H22N2O2/c1-4-13(5-2,9-14)11(16)15-12(3)7-6-8-17-10-12/h4-8,10H2,1-3H3,(H,15,16). The van der Waals surface area contributed by atoms with E-state index in [1.54, 1.807) is 0 Å². The lowest BCUT2D eigenvalue weighted by Crippen LogP contribution is -2.55. The van der Waals surface area contributed by atoms with E-state index < -0.39 is 5.41 Å². The van der Waals surface area contributed by atoms with Gasteiger partial charge in [-0.2, -0.15) is 5.26 Å². The molecule has 0 radical (unpaired) electrons. The Labute approximate surface area is 103 Å². The van der Waals surface area contributed by atoms with Crippen molar-refractivity contribution in [2.24, 2.45) is 5.41 Å². The first-order chi connectivity index (χ1) is 8.02. The summed E-state index contributed by atoms with van der Waals surface area (Å²) in [6.45, 7) is 7.04. The lowest BCUT2D eigenvalue weighted by Gasteiger charge is -2.37. The van der Waals surface area contributed by atoms with Gasteiger partial charge in [0.25, 0.3) is 0 Å². The van der Waals surface area contributed by atoms with Gasteiger partial charge in [-0.3, -0.25) is 4.79 Å². The summed E-state index contributed by atoms with van der Waals surface area (Å²) in [5, 5.41) is 12.2. The summed E-state index contributed by atoms with van der Waals surface area (Å²) in [5.41, 5.74) is -1.21. The van der Waals surface area contributed by atoms with Crippen LogP contribution in [0.4, 0.5) is 0 Å². The van der Waals surface area contributed by atoms with Crippen molar-refractivity contribution >= 4 is 5.91 Å². The lowest BCUT2D eigenvalue weighted by atomic mass is 9.81. The van der Waals surface area contributed by atoms with Gasteiger partial charge in [0.2, 0.25) is 5.91 Å². The maximum atomic E-state index is 12.2. The fourth-order valence-corrected chi connectivity index (χ4v) is 2.21. The number of nitrogens with one attached hydrogen (secondary N) is 1. The summed E-state index contributed by atoms with van der Waals surface area (Å²) >= 11 is 0. The van der Waals surface area contributed by atoms with Crippen LogP contribution in [0.1, 0.15) is 46.5 Å². The van der Waals surface area contributed by atoms with Crippen molar-refractivity contribution in [2.45, 2.75) is 52.0 Å². The number of carbonyl (C=O) groups is 1. The van der Waals surface area contributed by atoms with Crippen LogP contribution in [0.5, 0.6) is 0 Å². The van der Waals surface area contributed by atoms with Crippen LogP contribution in [0.3, 0.4) is 0 Å². The van der Waals surface area contributed by atoms with Gasteiger partial charge >= 0.3 is 0 Å². The second kappa shape index (κ2) is 5.50. The van der Waals surface area contributed by atoms with Gasteiger partial charge in [0, 0.05) is 6.61 Å². The molecule has 1 aliphatic rings.